The third-order valence-electron chi connectivity index (χ3n) is 4.29. The first-order valence-corrected chi connectivity index (χ1v) is 8.66. The first-order chi connectivity index (χ1) is 10.2. The Balaban J connectivity index is 2.13. The van der Waals surface area contributed by atoms with Crippen LogP contribution < -0.4 is 0 Å². The molecule has 0 aromatic heterocycles. The average Bonchev–Trinajstić information content (AvgIpc) is 2.57. The van der Waals surface area contributed by atoms with Gasteiger partial charge in [0.05, 0.1) is 12.0 Å². The number of rotatable bonds is 2. The van der Waals surface area contributed by atoms with E-state index in [4.69, 9.17) is 4.74 Å². The molecule has 0 radical (unpaired) electrons. The van der Waals surface area contributed by atoms with Crippen LogP contribution in [-0.4, -0.2) is 16.7 Å². The zero-order valence-electron chi connectivity index (χ0n) is 13.7. The Hall–Kier alpha value is -0.870. The predicted octanol–water partition coefficient (Wildman–Crippen LogP) is 4.41. The molecule has 3 nitrogen and oxygen atoms in total. The molecular formula is C18H25BrO3. The van der Waals surface area contributed by atoms with Crippen LogP contribution in [0.4, 0.5) is 0 Å². The first-order valence-electron chi connectivity index (χ1n) is 7.87. The highest BCUT2D eigenvalue weighted by atomic mass is 79.9. The molecule has 0 amide bonds. The Kier molecular flexibility index (Phi) is 5.33. The van der Waals surface area contributed by atoms with Crippen LogP contribution in [-0.2, 0) is 16.0 Å². The van der Waals surface area contributed by atoms with Gasteiger partial charge in [-0.3, -0.25) is 4.79 Å². The molecule has 22 heavy (non-hydrogen) atoms. The molecule has 1 aromatic rings. The van der Waals surface area contributed by atoms with Crippen molar-refractivity contribution in [3.63, 3.8) is 0 Å². The lowest BCUT2D eigenvalue weighted by Gasteiger charge is -2.27. The van der Waals surface area contributed by atoms with E-state index in [0.717, 1.165) is 28.4 Å². The maximum atomic E-state index is 12.3. The smallest absolute Gasteiger partial charge is 0.309 e. The fourth-order valence-electron chi connectivity index (χ4n) is 3.05. The second kappa shape index (κ2) is 6.71. The van der Waals surface area contributed by atoms with Crippen LogP contribution in [0.2, 0.25) is 0 Å². The standard InChI is InChI=1S/C18H25BrO3/c1-11(17(21)22-18(2,3)4)12-8-9-13-14(16(20)10-12)6-5-7-15(13)19/h5-7,11-12,16,20H,8-10H2,1-4H3. The van der Waals surface area contributed by atoms with E-state index >= 15 is 0 Å². The molecule has 122 valence electrons. The van der Waals surface area contributed by atoms with Gasteiger partial charge in [-0.15, -0.1) is 0 Å². The van der Waals surface area contributed by atoms with Gasteiger partial charge in [-0.25, -0.2) is 0 Å². The van der Waals surface area contributed by atoms with E-state index in [9.17, 15) is 9.90 Å². The Morgan fingerprint density at radius 3 is 2.73 bits per heavy atom. The number of ether oxygens (including phenoxy) is 1. The van der Waals surface area contributed by atoms with E-state index in [2.05, 4.69) is 15.9 Å². The summed E-state index contributed by atoms with van der Waals surface area (Å²) in [6.07, 6.45) is 1.83. The van der Waals surface area contributed by atoms with Crippen molar-refractivity contribution in [1.29, 1.82) is 0 Å². The fraction of sp³-hybridized carbons (Fsp3) is 0.611. The summed E-state index contributed by atoms with van der Waals surface area (Å²) in [6.45, 7) is 7.56. The van der Waals surface area contributed by atoms with Gasteiger partial charge in [0.15, 0.2) is 0 Å². The van der Waals surface area contributed by atoms with E-state index in [-0.39, 0.29) is 17.8 Å². The SMILES string of the molecule is CC(C(=O)OC(C)(C)C)C1CCc2c(Br)cccc2C(O)C1. The topological polar surface area (TPSA) is 46.5 Å². The van der Waals surface area contributed by atoms with Crippen molar-refractivity contribution < 1.29 is 14.6 Å². The Labute approximate surface area is 141 Å². The van der Waals surface area contributed by atoms with Crippen molar-refractivity contribution in [3.8, 4) is 0 Å². The number of hydrogen-bond donors (Lipinski definition) is 1. The van der Waals surface area contributed by atoms with E-state index < -0.39 is 11.7 Å². The van der Waals surface area contributed by atoms with Crippen LogP contribution in [0.3, 0.4) is 0 Å². The summed E-state index contributed by atoms with van der Waals surface area (Å²) in [5, 5.41) is 10.5. The van der Waals surface area contributed by atoms with Crippen molar-refractivity contribution in [2.75, 3.05) is 0 Å². The maximum absolute atomic E-state index is 12.3. The normalized spacial score (nSPS) is 23.4. The highest BCUT2D eigenvalue weighted by Gasteiger charge is 2.33. The molecule has 2 rings (SSSR count). The zero-order valence-corrected chi connectivity index (χ0v) is 15.3. The number of benzene rings is 1. The number of aliphatic hydroxyl groups excluding tert-OH is 1. The zero-order chi connectivity index (χ0) is 16.5. The molecule has 1 N–H and O–H groups in total. The van der Waals surface area contributed by atoms with Crippen molar-refractivity contribution in [2.45, 2.75) is 58.7 Å². The summed E-state index contributed by atoms with van der Waals surface area (Å²) >= 11 is 3.57. The van der Waals surface area contributed by atoms with Gasteiger partial charge in [-0.2, -0.15) is 0 Å². The molecule has 4 heteroatoms. The minimum absolute atomic E-state index is 0.129. The highest BCUT2D eigenvalue weighted by Crippen LogP contribution is 2.38. The van der Waals surface area contributed by atoms with E-state index in [0.29, 0.717) is 6.42 Å². The molecule has 3 unspecified atom stereocenters. The Bertz CT molecular complexity index is 548. The predicted molar refractivity (Wildman–Crippen MR) is 90.5 cm³/mol. The number of carbonyl (C=O) groups is 1. The molecule has 1 aliphatic carbocycles. The molecule has 3 atom stereocenters. The van der Waals surface area contributed by atoms with Gasteiger partial charge in [-0.1, -0.05) is 35.0 Å². The van der Waals surface area contributed by atoms with Crippen LogP contribution >= 0.6 is 15.9 Å². The molecule has 1 aliphatic rings. The number of aliphatic hydroxyl groups is 1. The summed E-state index contributed by atoms with van der Waals surface area (Å²) in [6, 6.07) is 5.93. The third kappa shape index (κ3) is 4.11. The minimum Gasteiger partial charge on any atom is -0.460 e. The van der Waals surface area contributed by atoms with Gasteiger partial charge < -0.3 is 9.84 Å². The first kappa shape index (κ1) is 17.5. The largest absolute Gasteiger partial charge is 0.460 e. The van der Waals surface area contributed by atoms with Gasteiger partial charge in [0, 0.05) is 4.47 Å². The number of hydrogen-bond acceptors (Lipinski definition) is 3. The molecule has 1 aromatic carbocycles. The number of halogens is 1. The maximum Gasteiger partial charge on any atom is 0.309 e. The monoisotopic (exact) mass is 368 g/mol. The molecule has 0 aliphatic heterocycles. The number of carbonyl (C=O) groups excluding carboxylic acids is 1. The molecule has 0 heterocycles. The molecule has 0 spiro atoms. The van der Waals surface area contributed by atoms with Gasteiger partial charge >= 0.3 is 5.97 Å². The minimum atomic E-state index is -0.523. The second-order valence-corrected chi connectivity index (χ2v) is 8.03. The van der Waals surface area contributed by atoms with E-state index in [1.165, 1.54) is 0 Å². The molecule has 0 fully saturated rings. The van der Waals surface area contributed by atoms with E-state index in [1.807, 2.05) is 45.9 Å². The van der Waals surface area contributed by atoms with Crippen LogP contribution in [0.15, 0.2) is 22.7 Å². The lowest BCUT2D eigenvalue weighted by Crippen LogP contribution is -2.31. The molecule has 0 saturated heterocycles. The summed E-state index contributed by atoms with van der Waals surface area (Å²) in [5.41, 5.74) is 1.67. The van der Waals surface area contributed by atoms with Crippen molar-refractivity contribution in [1.82, 2.24) is 0 Å². The lowest BCUT2D eigenvalue weighted by atomic mass is 9.86. The van der Waals surface area contributed by atoms with Gasteiger partial charge in [0.1, 0.15) is 5.60 Å². The number of fused-ring (bicyclic) bond motifs is 1. The van der Waals surface area contributed by atoms with Crippen LogP contribution in [0, 0.1) is 11.8 Å². The van der Waals surface area contributed by atoms with Gasteiger partial charge in [0.2, 0.25) is 0 Å². The van der Waals surface area contributed by atoms with Crippen LogP contribution in [0.1, 0.15) is 57.8 Å². The Morgan fingerprint density at radius 2 is 2.09 bits per heavy atom. The molecule has 0 bridgehead atoms. The fourth-order valence-corrected chi connectivity index (χ4v) is 3.63. The number of esters is 1. The van der Waals surface area contributed by atoms with Crippen molar-refractivity contribution >= 4 is 21.9 Å². The summed E-state index contributed by atoms with van der Waals surface area (Å²) in [4.78, 5) is 12.3. The summed E-state index contributed by atoms with van der Waals surface area (Å²) in [7, 11) is 0. The van der Waals surface area contributed by atoms with Crippen LogP contribution in [0.25, 0.3) is 0 Å². The summed E-state index contributed by atoms with van der Waals surface area (Å²) in [5.74, 6) is -0.249. The second-order valence-electron chi connectivity index (χ2n) is 7.18. The van der Waals surface area contributed by atoms with E-state index in [1.54, 1.807) is 0 Å². The average molecular weight is 369 g/mol. The van der Waals surface area contributed by atoms with Crippen LogP contribution in [0.5, 0.6) is 0 Å². The van der Waals surface area contributed by atoms with Gasteiger partial charge in [-0.05, 0) is 63.1 Å². The van der Waals surface area contributed by atoms with Crippen molar-refractivity contribution in [2.24, 2.45) is 11.8 Å². The third-order valence-corrected chi connectivity index (χ3v) is 5.03. The highest BCUT2D eigenvalue weighted by molar-refractivity contribution is 9.10. The summed E-state index contributed by atoms with van der Waals surface area (Å²) < 4.78 is 6.54. The lowest BCUT2D eigenvalue weighted by molar-refractivity contribution is -0.161. The Morgan fingerprint density at radius 1 is 1.41 bits per heavy atom. The quantitative estimate of drug-likeness (QED) is 0.620. The molecule has 0 saturated carbocycles. The van der Waals surface area contributed by atoms with Gasteiger partial charge in [0.25, 0.3) is 0 Å². The molecular weight excluding hydrogens is 344 g/mol. The van der Waals surface area contributed by atoms with Crippen molar-refractivity contribution in [3.05, 3.63) is 33.8 Å².